The molecule has 0 aliphatic carbocycles. The molecule has 0 spiro atoms. The molecule has 2 aliphatic rings. The number of piperidine rings is 1. The van der Waals surface area contributed by atoms with Gasteiger partial charge in [0, 0.05) is 28.3 Å². The summed E-state index contributed by atoms with van der Waals surface area (Å²) in [5, 5.41) is 0.877. The molecule has 2 saturated heterocycles. The Kier molecular flexibility index (Phi) is 4.29. The van der Waals surface area contributed by atoms with E-state index in [1.807, 2.05) is 0 Å². The Labute approximate surface area is 102 Å². The molecule has 0 radical (unpaired) electrons. The third kappa shape index (κ3) is 2.78. The fourth-order valence-corrected chi connectivity index (χ4v) is 5.82. The van der Waals surface area contributed by atoms with Crippen LogP contribution in [0.25, 0.3) is 0 Å². The lowest BCUT2D eigenvalue weighted by molar-refractivity contribution is -0.532. The summed E-state index contributed by atoms with van der Waals surface area (Å²) in [6.07, 6.45) is 4.24. The molecule has 2 rings (SSSR count). The first-order valence-electron chi connectivity index (χ1n) is 4.87. The van der Waals surface area contributed by atoms with Crippen molar-refractivity contribution in [1.29, 1.82) is 0 Å². The molecular formula is C9H15INS2+. The fraction of sp³-hybridized carbons (Fsp3) is 0.889. The Morgan fingerprint density at radius 1 is 1.31 bits per heavy atom. The maximum absolute atomic E-state index is 2.60. The summed E-state index contributed by atoms with van der Waals surface area (Å²) < 4.78 is 5.51. The van der Waals surface area contributed by atoms with Crippen molar-refractivity contribution in [3.8, 4) is 0 Å². The first-order chi connectivity index (χ1) is 6.40. The van der Waals surface area contributed by atoms with Gasteiger partial charge in [0.15, 0.2) is 0 Å². The third-order valence-electron chi connectivity index (χ3n) is 2.45. The molecular weight excluding hydrogens is 313 g/mol. The Bertz CT molecular complexity index is 210. The molecule has 0 aromatic heterocycles. The van der Waals surface area contributed by atoms with Crippen LogP contribution in [0.4, 0.5) is 0 Å². The average Bonchev–Trinajstić information content (AvgIpc) is 2.67. The quantitative estimate of drug-likeness (QED) is 0.414. The molecule has 0 N–H and O–H groups in total. The Hall–Kier alpha value is 1.10. The van der Waals surface area contributed by atoms with E-state index in [9.17, 15) is 0 Å². The molecule has 0 aromatic rings. The minimum atomic E-state index is 0.877. The lowest BCUT2D eigenvalue weighted by Crippen LogP contribution is -2.23. The number of halogens is 1. The lowest BCUT2D eigenvalue weighted by Gasteiger charge is -2.10. The number of alkyl halides is 1. The third-order valence-corrected chi connectivity index (χ3v) is 7.16. The minimum absolute atomic E-state index is 0.877. The summed E-state index contributed by atoms with van der Waals surface area (Å²) in [7, 11) is 0. The van der Waals surface area contributed by atoms with Crippen LogP contribution in [-0.4, -0.2) is 37.5 Å². The van der Waals surface area contributed by atoms with Gasteiger partial charge in [-0.15, -0.1) is 0 Å². The van der Waals surface area contributed by atoms with Crippen LogP contribution in [0.3, 0.4) is 0 Å². The summed E-state index contributed by atoms with van der Waals surface area (Å²) in [5.74, 6) is 1.33. The minimum Gasteiger partial charge on any atom is -0.219 e. The van der Waals surface area contributed by atoms with Crippen molar-refractivity contribution >= 4 is 50.5 Å². The predicted octanol–water partition coefficient (Wildman–Crippen LogP) is 2.82. The molecule has 0 amide bonds. The average molecular weight is 328 g/mol. The van der Waals surface area contributed by atoms with Gasteiger partial charge in [-0.1, -0.05) is 22.6 Å². The van der Waals surface area contributed by atoms with Gasteiger partial charge >= 0.3 is 0 Å². The van der Waals surface area contributed by atoms with Crippen LogP contribution in [0.15, 0.2) is 0 Å². The topological polar surface area (TPSA) is 3.01 Å². The van der Waals surface area contributed by atoms with Crippen molar-refractivity contribution in [1.82, 2.24) is 0 Å². The molecule has 2 heterocycles. The monoisotopic (exact) mass is 328 g/mol. The van der Waals surface area contributed by atoms with Crippen molar-refractivity contribution in [3.63, 3.8) is 0 Å². The van der Waals surface area contributed by atoms with Gasteiger partial charge in [-0.2, -0.15) is 0 Å². The molecule has 0 saturated carbocycles. The van der Waals surface area contributed by atoms with Gasteiger partial charge in [-0.25, -0.2) is 4.58 Å². The first-order valence-corrected chi connectivity index (χ1v) is 8.26. The highest BCUT2D eigenvalue weighted by Gasteiger charge is 2.29. The van der Waals surface area contributed by atoms with Gasteiger partial charge < -0.3 is 0 Å². The molecule has 1 atom stereocenters. The zero-order chi connectivity index (χ0) is 9.10. The van der Waals surface area contributed by atoms with E-state index in [4.69, 9.17) is 0 Å². The molecule has 2 fully saturated rings. The van der Waals surface area contributed by atoms with Crippen LogP contribution in [-0.2, 0) is 0 Å². The second-order valence-corrected chi connectivity index (χ2v) is 6.96. The number of nitrogens with zero attached hydrogens (tertiary/aromatic N) is 1. The maximum atomic E-state index is 2.60. The van der Waals surface area contributed by atoms with Crippen molar-refractivity contribution in [2.24, 2.45) is 0 Å². The molecule has 0 bridgehead atoms. The molecule has 1 unspecified atom stereocenters. The Morgan fingerprint density at radius 2 is 2.08 bits per heavy atom. The first kappa shape index (κ1) is 10.6. The van der Waals surface area contributed by atoms with Crippen molar-refractivity contribution < 1.29 is 4.58 Å². The molecule has 13 heavy (non-hydrogen) atoms. The van der Waals surface area contributed by atoms with E-state index in [1.165, 1.54) is 42.5 Å². The largest absolute Gasteiger partial charge is 0.270 e. The van der Waals surface area contributed by atoms with Gasteiger partial charge in [-0.05, 0) is 29.9 Å². The molecule has 1 nitrogen and oxygen atoms in total. The van der Waals surface area contributed by atoms with Crippen LogP contribution in [0.2, 0.25) is 0 Å². The smallest absolute Gasteiger partial charge is 0.219 e. The SMILES string of the molecule is ICC1CSC(=[N+]2CCCCC2)S1. The number of rotatable bonds is 1. The van der Waals surface area contributed by atoms with E-state index in [2.05, 4.69) is 50.7 Å². The van der Waals surface area contributed by atoms with E-state index in [1.54, 1.807) is 4.38 Å². The Morgan fingerprint density at radius 3 is 2.69 bits per heavy atom. The lowest BCUT2D eigenvalue weighted by atomic mass is 10.2. The highest BCUT2D eigenvalue weighted by atomic mass is 127. The van der Waals surface area contributed by atoms with Gasteiger partial charge in [0.05, 0.1) is 0 Å². The van der Waals surface area contributed by atoms with Crippen LogP contribution in [0.1, 0.15) is 19.3 Å². The van der Waals surface area contributed by atoms with Gasteiger partial charge in [-0.3, -0.25) is 0 Å². The zero-order valence-corrected chi connectivity index (χ0v) is 11.5. The predicted molar refractivity (Wildman–Crippen MR) is 71.6 cm³/mol. The van der Waals surface area contributed by atoms with Crippen molar-refractivity contribution in [2.75, 3.05) is 23.3 Å². The van der Waals surface area contributed by atoms with Crippen LogP contribution in [0, 0.1) is 0 Å². The normalized spacial score (nSPS) is 29.8. The highest BCUT2D eigenvalue weighted by Crippen LogP contribution is 2.34. The fourth-order valence-electron chi connectivity index (χ4n) is 1.69. The highest BCUT2D eigenvalue weighted by molar-refractivity contribution is 14.1. The van der Waals surface area contributed by atoms with Gasteiger partial charge in [0.2, 0.25) is 0 Å². The van der Waals surface area contributed by atoms with E-state index in [0.717, 1.165) is 5.25 Å². The summed E-state index contributed by atoms with van der Waals surface area (Å²) in [4.78, 5) is 0. The van der Waals surface area contributed by atoms with E-state index in [0.29, 0.717) is 0 Å². The van der Waals surface area contributed by atoms with Crippen LogP contribution in [0.5, 0.6) is 0 Å². The van der Waals surface area contributed by atoms with E-state index < -0.39 is 0 Å². The van der Waals surface area contributed by atoms with E-state index in [-0.39, 0.29) is 0 Å². The summed E-state index contributed by atoms with van der Waals surface area (Å²) in [6, 6.07) is 0. The number of hydrogen-bond donors (Lipinski definition) is 0. The van der Waals surface area contributed by atoms with Crippen LogP contribution >= 0.6 is 46.1 Å². The molecule has 4 heteroatoms. The van der Waals surface area contributed by atoms with E-state index >= 15 is 0 Å². The van der Waals surface area contributed by atoms with Gasteiger partial charge in [0.25, 0.3) is 4.38 Å². The molecule has 74 valence electrons. The van der Waals surface area contributed by atoms with Crippen LogP contribution < -0.4 is 0 Å². The number of hydrogen-bond acceptors (Lipinski definition) is 2. The standard InChI is InChI=1S/C9H15INS2/c10-6-8-7-12-9(13-8)11-4-2-1-3-5-11/h8H,1-7H2/q+1. The number of thioether (sulfide) groups is 2. The molecule has 2 aliphatic heterocycles. The second-order valence-electron chi connectivity index (χ2n) is 3.52. The van der Waals surface area contributed by atoms with Gasteiger partial charge in [0.1, 0.15) is 13.1 Å². The Balaban J connectivity index is 1.98. The maximum Gasteiger partial charge on any atom is 0.270 e. The summed E-state index contributed by atoms with van der Waals surface area (Å²) >= 11 is 6.70. The zero-order valence-electron chi connectivity index (χ0n) is 7.67. The second kappa shape index (κ2) is 5.26. The molecule has 0 aromatic carbocycles. The summed E-state index contributed by atoms with van der Waals surface area (Å²) in [5.41, 5.74) is 0. The van der Waals surface area contributed by atoms with Crippen molar-refractivity contribution in [2.45, 2.75) is 24.5 Å². The summed E-state index contributed by atoms with van der Waals surface area (Å²) in [6.45, 7) is 2.62. The van der Waals surface area contributed by atoms with Crippen molar-refractivity contribution in [3.05, 3.63) is 0 Å².